The van der Waals surface area contributed by atoms with Crippen LogP contribution in [0.5, 0.6) is 17.2 Å². The van der Waals surface area contributed by atoms with Crippen LogP contribution in [-0.4, -0.2) is 31.0 Å². The van der Waals surface area contributed by atoms with Gasteiger partial charge in [-0.1, -0.05) is 43.3 Å². The van der Waals surface area contributed by atoms with Crippen molar-refractivity contribution in [2.45, 2.75) is 105 Å². The molecule has 0 fully saturated rings. The minimum Gasteiger partial charge on any atom is -0.491 e. The summed E-state index contributed by atoms with van der Waals surface area (Å²) in [7, 11) is 0. The average Bonchev–Trinajstić information content (AvgIpc) is 2.89. The second kappa shape index (κ2) is 15.6. The Morgan fingerprint density at radius 2 is 0.795 bits per heavy atom. The molecule has 1 unspecified atom stereocenters. The molecule has 0 saturated heterocycles. The van der Waals surface area contributed by atoms with Crippen molar-refractivity contribution in [2.24, 2.45) is 0 Å². The maximum Gasteiger partial charge on any atom is 0.119 e. The van der Waals surface area contributed by atoms with Crippen LogP contribution in [-0.2, 0) is 10.2 Å². The van der Waals surface area contributed by atoms with E-state index < -0.39 is 0 Å². The normalized spacial score (nSPS) is 12.2. The highest BCUT2D eigenvalue weighted by molar-refractivity contribution is 5.52. The van der Waals surface area contributed by atoms with E-state index in [1.165, 1.54) is 16.7 Å². The van der Waals surface area contributed by atoms with Crippen LogP contribution in [0.3, 0.4) is 0 Å². The van der Waals surface area contributed by atoms with E-state index in [0.717, 1.165) is 30.3 Å². The smallest absolute Gasteiger partial charge is 0.119 e. The van der Waals surface area contributed by atoms with Gasteiger partial charge < -0.3 is 18.9 Å². The first-order valence-corrected chi connectivity index (χ1v) is 14.4. The largest absolute Gasteiger partial charge is 0.491 e. The van der Waals surface area contributed by atoms with E-state index in [1.54, 1.807) is 0 Å². The molecule has 1 atom stereocenters. The first kappa shape index (κ1) is 32.2. The monoisotopic (exact) mass is 534 g/mol. The summed E-state index contributed by atoms with van der Waals surface area (Å²) in [4.78, 5) is 0. The lowest BCUT2D eigenvalue weighted by Crippen LogP contribution is -2.25. The molecule has 0 radical (unpaired) electrons. The van der Waals surface area contributed by atoms with Crippen LogP contribution >= 0.6 is 0 Å². The molecule has 0 heterocycles. The van der Waals surface area contributed by atoms with Gasteiger partial charge in [-0.2, -0.15) is 0 Å². The minimum atomic E-state index is -0.344. The van der Waals surface area contributed by atoms with Crippen molar-refractivity contribution in [1.82, 2.24) is 0 Å². The van der Waals surface area contributed by atoms with Gasteiger partial charge in [0.15, 0.2) is 0 Å². The summed E-state index contributed by atoms with van der Waals surface area (Å²) in [6.45, 7) is 21.6. The predicted molar refractivity (Wildman–Crippen MR) is 164 cm³/mol. The topological polar surface area (TPSA) is 36.9 Å². The van der Waals surface area contributed by atoms with Crippen molar-refractivity contribution in [2.75, 3.05) is 6.61 Å². The number of ether oxygens (including phenoxy) is 4. The highest BCUT2D eigenvalue weighted by Gasteiger charge is 2.31. The van der Waals surface area contributed by atoms with Crippen molar-refractivity contribution in [1.29, 1.82) is 0 Å². The fourth-order valence-electron chi connectivity index (χ4n) is 4.32. The molecule has 0 amide bonds. The Labute approximate surface area is 237 Å². The van der Waals surface area contributed by atoms with E-state index in [2.05, 4.69) is 93.6 Å². The zero-order chi connectivity index (χ0) is 29.0. The van der Waals surface area contributed by atoms with Crippen LogP contribution in [0.1, 0.15) is 92.3 Å². The molecule has 39 heavy (non-hydrogen) atoms. The quantitative estimate of drug-likeness (QED) is 0.217. The van der Waals surface area contributed by atoms with E-state index in [9.17, 15) is 0 Å². The van der Waals surface area contributed by atoms with Gasteiger partial charge in [0.25, 0.3) is 0 Å². The summed E-state index contributed by atoms with van der Waals surface area (Å²) in [5, 5.41) is 0. The summed E-state index contributed by atoms with van der Waals surface area (Å²) in [6.07, 6.45) is 2.01. The number of benzene rings is 3. The molecule has 0 aromatic heterocycles. The average molecular weight is 535 g/mol. The molecule has 0 N–H and O–H groups in total. The fraction of sp³-hybridized carbons (Fsp3) is 0.486. The van der Waals surface area contributed by atoms with Gasteiger partial charge in [0.1, 0.15) is 17.2 Å². The molecule has 3 rings (SSSR count). The number of hydrogen-bond acceptors (Lipinski definition) is 4. The van der Waals surface area contributed by atoms with Gasteiger partial charge in [0.2, 0.25) is 0 Å². The van der Waals surface area contributed by atoms with Crippen LogP contribution in [0, 0.1) is 0 Å². The third kappa shape index (κ3) is 9.93. The van der Waals surface area contributed by atoms with E-state index >= 15 is 0 Å². The van der Waals surface area contributed by atoms with E-state index in [0.29, 0.717) is 6.10 Å². The van der Waals surface area contributed by atoms with Crippen molar-refractivity contribution in [3.63, 3.8) is 0 Å². The van der Waals surface area contributed by atoms with Crippen LogP contribution < -0.4 is 14.2 Å². The summed E-state index contributed by atoms with van der Waals surface area (Å²) in [5.74, 6) is 2.65. The van der Waals surface area contributed by atoms with Gasteiger partial charge in [-0.3, -0.25) is 0 Å². The molecule has 214 valence electrons. The van der Waals surface area contributed by atoms with Crippen LogP contribution in [0.25, 0.3) is 0 Å². The first-order valence-electron chi connectivity index (χ1n) is 14.4. The van der Waals surface area contributed by atoms with E-state index in [-0.39, 0.29) is 23.7 Å². The van der Waals surface area contributed by atoms with Crippen LogP contribution in [0.2, 0.25) is 0 Å². The molecule has 0 bridgehead atoms. The summed E-state index contributed by atoms with van der Waals surface area (Å²) < 4.78 is 22.8. The zero-order valence-electron chi connectivity index (χ0n) is 25.8. The molecule has 0 aliphatic carbocycles. The minimum absolute atomic E-state index is 0.147. The molecule has 3 aromatic carbocycles. The van der Waals surface area contributed by atoms with Crippen molar-refractivity contribution in [3.8, 4) is 17.2 Å². The Morgan fingerprint density at radius 1 is 0.513 bits per heavy atom. The standard InChI is InChI=1S/C29H36O3.C6H14O/c1-20(2)30-26-14-8-23(9-15-26)29(7,24-10-16-27(17-11-24)31-21(3)4)25-12-18-28(19-13-25)32-22(5)6;1-4-6(3)7-5-2/h8-22H,1-7H3;6H,4-5H2,1-3H3. The third-order valence-electron chi connectivity index (χ3n) is 6.44. The summed E-state index contributed by atoms with van der Waals surface area (Å²) in [5.41, 5.74) is 3.25. The molecular weight excluding hydrogens is 484 g/mol. The molecule has 0 spiro atoms. The second-order valence-electron chi connectivity index (χ2n) is 10.9. The lowest BCUT2D eigenvalue weighted by atomic mass is 9.71. The van der Waals surface area contributed by atoms with Gasteiger partial charge in [-0.25, -0.2) is 0 Å². The maximum absolute atomic E-state index is 5.87. The lowest BCUT2D eigenvalue weighted by Gasteiger charge is -2.32. The SMILES string of the molecule is CC(C)Oc1ccc(C(C)(c2ccc(OC(C)C)cc2)c2ccc(OC(C)C)cc2)cc1.CCOC(C)CC. The first-order chi connectivity index (χ1) is 18.5. The highest BCUT2D eigenvalue weighted by Crippen LogP contribution is 2.40. The molecule has 3 aromatic rings. The highest BCUT2D eigenvalue weighted by atomic mass is 16.5. The second-order valence-corrected chi connectivity index (χ2v) is 10.9. The molecule has 4 nitrogen and oxygen atoms in total. The number of hydrogen-bond donors (Lipinski definition) is 0. The molecule has 4 heteroatoms. The summed E-state index contributed by atoms with van der Waals surface area (Å²) >= 11 is 0. The van der Waals surface area contributed by atoms with Crippen molar-refractivity contribution in [3.05, 3.63) is 89.5 Å². The maximum atomic E-state index is 5.87. The van der Waals surface area contributed by atoms with Gasteiger partial charge in [-0.15, -0.1) is 0 Å². The fourth-order valence-corrected chi connectivity index (χ4v) is 4.32. The third-order valence-corrected chi connectivity index (χ3v) is 6.44. The molecular formula is C35H50O4. The Kier molecular flexibility index (Phi) is 12.9. The van der Waals surface area contributed by atoms with Gasteiger partial charge in [0, 0.05) is 12.0 Å². The Bertz CT molecular complexity index is 937. The lowest BCUT2D eigenvalue weighted by molar-refractivity contribution is 0.0739. The Balaban J connectivity index is 0.000000673. The van der Waals surface area contributed by atoms with Gasteiger partial charge >= 0.3 is 0 Å². The van der Waals surface area contributed by atoms with E-state index in [1.807, 2.05) is 48.5 Å². The van der Waals surface area contributed by atoms with Crippen LogP contribution in [0.15, 0.2) is 72.8 Å². The predicted octanol–water partition coefficient (Wildman–Crippen LogP) is 9.22. The Morgan fingerprint density at radius 3 is 0.974 bits per heavy atom. The van der Waals surface area contributed by atoms with Crippen molar-refractivity contribution >= 4 is 0 Å². The van der Waals surface area contributed by atoms with E-state index in [4.69, 9.17) is 18.9 Å². The molecule has 0 saturated carbocycles. The summed E-state index contributed by atoms with van der Waals surface area (Å²) in [6, 6.07) is 25.3. The molecule has 0 aliphatic heterocycles. The van der Waals surface area contributed by atoms with Crippen molar-refractivity contribution < 1.29 is 18.9 Å². The number of rotatable bonds is 12. The van der Waals surface area contributed by atoms with Gasteiger partial charge in [-0.05, 0) is 122 Å². The zero-order valence-corrected chi connectivity index (χ0v) is 25.8. The molecule has 0 aliphatic rings. The van der Waals surface area contributed by atoms with Crippen LogP contribution in [0.4, 0.5) is 0 Å². The van der Waals surface area contributed by atoms with Gasteiger partial charge in [0.05, 0.1) is 24.4 Å². The Hall–Kier alpha value is -2.98.